The Morgan fingerprint density at radius 3 is 1.93 bits per heavy atom. The third kappa shape index (κ3) is 7.15. The van der Waals surface area contributed by atoms with Gasteiger partial charge in [0.05, 0.1) is 23.8 Å². The van der Waals surface area contributed by atoms with Crippen molar-refractivity contribution < 1.29 is 19.4 Å². The van der Waals surface area contributed by atoms with Gasteiger partial charge >= 0.3 is 6.03 Å². The molecule has 1 N–H and O–H groups in total. The summed E-state index contributed by atoms with van der Waals surface area (Å²) in [6, 6.07) is 19.8. The van der Waals surface area contributed by atoms with Crippen LogP contribution in [-0.2, 0) is 0 Å². The van der Waals surface area contributed by atoms with Crippen molar-refractivity contribution in [3.8, 4) is 11.5 Å². The number of carbonyl (C=O) groups excluding carboxylic acids is 1. The molecule has 2 amide bonds. The number of hydrogen-bond acceptors (Lipinski definition) is 6. The molecule has 2 aliphatic heterocycles. The SMILES string of the molecule is CC(C)Oc1ccc(C2=NC(c3ccc(Cl)cc3)C(c3ccc(Cl)cc3)N2C(=O)N2CCN(C(C)O)CC2)c(OC(C)C)c1. The van der Waals surface area contributed by atoms with Gasteiger partial charge in [-0.1, -0.05) is 47.5 Å². The summed E-state index contributed by atoms with van der Waals surface area (Å²) in [6.07, 6.45) is -0.713. The first kappa shape index (κ1) is 32.1. The zero-order valence-electron chi connectivity index (χ0n) is 25.8. The average Bonchev–Trinajstić information content (AvgIpc) is 3.37. The van der Waals surface area contributed by atoms with Crippen LogP contribution in [0.15, 0.2) is 71.7 Å². The molecule has 0 radical (unpaired) electrons. The van der Waals surface area contributed by atoms with Gasteiger partial charge in [0, 0.05) is 42.3 Å². The smallest absolute Gasteiger partial charge is 0.326 e. The molecule has 1 saturated heterocycles. The Labute approximate surface area is 269 Å². The minimum Gasteiger partial charge on any atom is -0.491 e. The maximum atomic E-state index is 14.7. The number of halogens is 2. The van der Waals surface area contributed by atoms with Crippen LogP contribution in [-0.4, -0.2) is 76.3 Å². The predicted molar refractivity (Wildman–Crippen MR) is 175 cm³/mol. The Kier molecular flexibility index (Phi) is 10.1. The molecular weight excluding hydrogens is 599 g/mol. The zero-order chi connectivity index (χ0) is 31.5. The second-order valence-corrected chi connectivity index (χ2v) is 12.6. The lowest BCUT2D eigenvalue weighted by Gasteiger charge is -2.39. The van der Waals surface area contributed by atoms with E-state index in [2.05, 4.69) is 0 Å². The summed E-state index contributed by atoms with van der Waals surface area (Å²) >= 11 is 12.6. The number of nitrogens with zero attached hydrogens (tertiary/aromatic N) is 4. The molecule has 234 valence electrons. The van der Waals surface area contributed by atoms with Gasteiger partial charge in [0.15, 0.2) is 0 Å². The Morgan fingerprint density at radius 1 is 0.818 bits per heavy atom. The Bertz CT molecular complexity index is 1470. The van der Waals surface area contributed by atoms with E-state index in [1.54, 1.807) is 11.8 Å². The normalized spacial score (nSPS) is 19.8. The molecule has 0 spiro atoms. The van der Waals surface area contributed by atoms with Gasteiger partial charge < -0.3 is 19.5 Å². The van der Waals surface area contributed by atoms with Gasteiger partial charge in [0.2, 0.25) is 0 Å². The van der Waals surface area contributed by atoms with Gasteiger partial charge in [0.25, 0.3) is 0 Å². The minimum atomic E-state index is -0.574. The van der Waals surface area contributed by atoms with E-state index in [1.807, 2.05) is 104 Å². The average molecular weight is 640 g/mol. The van der Waals surface area contributed by atoms with Crippen LogP contribution < -0.4 is 9.47 Å². The summed E-state index contributed by atoms with van der Waals surface area (Å²) in [7, 11) is 0. The van der Waals surface area contributed by atoms with Gasteiger partial charge in [-0.05, 0) is 82.1 Å². The highest BCUT2D eigenvalue weighted by molar-refractivity contribution is 6.30. The molecule has 3 atom stereocenters. The number of urea groups is 1. The summed E-state index contributed by atoms with van der Waals surface area (Å²) in [5.41, 5.74) is 2.52. The molecule has 2 aliphatic rings. The predicted octanol–water partition coefficient (Wildman–Crippen LogP) is 7.19. The van der Waals surface area contributed by atoms with Gasteiger partial charge in [-0.15, -0.1) is 0 Å². The number of aliphatic imine (C=N–C) groups is 1. The van der Waals surface area contributed by atoms with Crippen molar-refractivity contribution in [3.05, 3.63) is 93.5 Å². The van der Waals surface area contributed by atoms with Crippen molar-refractivity contribution in [1.82, 2.24) is 14.7 Å². The highest BCUT2D eigenvalue weighted by atomic mass is 35.5. The number of aliphatic hydroxyl groups excluding tert-OH is 1. The Hall–Kier alpha value is -3.30. The molecule has 8 nitrogen and oxygen atoms in total. The number of amides is 2. The van der Waals surface area contributed by atoms with Crippen LogP contribution in [0.5, 0.6) is 11.5 Å². The fourth-order valence-electron chi connectivity index (χ4n) is 5.68. The molecule has 44 heavy (non-hydrogen) atoms. The van der Waals surface area contributed by atoms with Gasteiger partial charge in [0.1, 0.15) is 29.6 Å². The lowest BCUT2D eigenvalue weighted by Crippen LogP contribution is -2.55. The van der Waals surface area contributed by atoms with Crippen LogP contribution in [0.1, 0.15) is 63.4 Å². The van der Waals surface area contributed by atoms with Crippen molar-refractivity contribution >= 4 is 35.1 Å². The summed E-state index contributed by atoms with van der Waals surface area (Å²) in [6.45, 7) is 11.7. The van der Waals surface area contributed by atoms with E-state index in [-0.39, 0.29) is 18.2 Å². The summed E-state index contributed by atoms with van der Waals surface area (Å²) in [5.74, 6) is 1.77. The largest absolute Gasteiger partial charge is 0.491 e. The number of ether oxygens (including phenoxy) is 2. The Balaban J connectivity index is 1.66. The summed E-state index contributed by atoms with van der Waals surface area (Å²) < 4.78 is 12.3. The van der Waals surface area contributed by atoms with Crippen LogP contribution in [0.4, 0.5) is 4.79 Å². The number of piperazine rings is 1. The van der Waals surface area contributed by atoms with Crippen molar-refractivity contribution in [2.24, 2.45) is 4.99 Å². The third-order valence-corrected chi connectivity index (χ3v) is 8.24. The minimum absolute atomic E-state index is 0.0153. The fourth-order valence-corrected chi connectivity index (χ4v) is 5.93. The molecule has 0 bridgehead atoms. The number of amidine groups is 1. The zero-order valence-corrected chi connectivity index (χ0v) is 27.3. The Morgan fingerprint density at radius 2 is 1.39 bits per heavy atom. The fraction of sp³-hybridized carbons (Fsp3) is 0.412. The van der Waals surface area contributed by atoms with E-state index in [4.69, 9.17) is 37.7 Å². The van der Waals surface area contributed by atoms with E-state index < -0.39 is 18.3 Å². The van der Waals surface area contributed by atoms with E-state index in [0.717, 1.165) is 11.1 Å². The molecule has 0 saturated carbocycles. The first-order valence-electron chi connectivity index (χ1n) is 15.1. The number of hydrogen-bond donors (Lipinski definition) is 1. The summed E-state index contributed by atoms with van der Waals surface area (Å²) in [4.78, 5) is 25.5. The first-order chi connectivity index (χ1) is 21.0. The van der Waals surface area contributed by atoms with E-state index in [1.165, 1.54) is 0 Å². The highest BCUT2D eigenvalue weighted by Gasteiger charge is 2.45. The van der Waals surface area contributed by atoms with Gasteiger partial charge in [-0.2, -0.15) is 0 Å². The van der Waals surface area contributed by atoms with E-state index in [0.29, 0.717) is 59.1 Å². The molecule has 0 aliphatic carbocycles. The quantitative estimate of drug-likeness (QED) is 0.283. The van der Waals surface area contributed by atoms with E-state index >= 15 is 0 Å². The van der Waals surface area contributed by atoms with Gasteiger partial charge in [-0.3, -0.25) is 14.8 Å². The van der Waals surface area contributed by atoms with Crippen LogP contribution in [0.25, 0.3) is 0 Å². The van der Waals surface area contributed by atoms with Crippen LogP contribution in [0, 0.1) is 0 Å². The number of benzene rings is 3. The van der Waals surface area contributed by atoms with Crippen LogP contribution in [0.3, 0.4) is 0 Å². The monoisotopic (exact) mass is 638 g/mol. The maximum absolute atomic E-state index is 14.7. The molecule has 2 heterocycles. The molecule has 10 heteroatoms. The number of rotatable bonds is 8. The molecule has 0 aromatic heterocycles. The maximum Gasteiger partial charge on any atom is 0.326 e. The molecular formula is C34H40Cl2N4O4. The third-order valence-electron chi connectivity index (χ3n) is 7.74. The number of aliphatic hydroxyl groups is 1. The van der Waals surface area contributed by atoms with Crippen molar-refractivity contribution in [3.63, 3.8) is 0 Å². The molecule has 1 fully saturated rings. The molecule has 5 rings (SSSR count). The van der Waals surface area contributed by atoms with Crippen molar-refractivity contribution in [2.75, 3.05) is 26.2 Å². The van der Waals surface area contributed by atoms with Crippen molar-refractivity contribution in [1.29, 1.82) is 0 Å². The second kappa shape index (κ2) is 13.8. The molecule has 3 aromatic rings. The highest BCUT2D eigenvalue weighted by Crippen LogP contribution is 2.46. The van der Waals surface area contributed by atoms with Gasteiger partial charge in [-0.25, -0.2) is 4.79 Å². The second-order valence-electron chi connectivity index (χ2n) is 11.7. The topological polar surface area (TPSA) is 77.8 Å². The summed E-state index contributed by atoms with van der Waals surface area (Å²) in [5, 5.41) is 11.4. The van der Waals surface area contributed by atoms with Crippen molar-refractivity contribution in [2.45, 2.75) is 65.1 Å². The molecule has 3 aromatic carbocycles. The first-order valence-corrected chi connectivity index (χ1v) is 15.8. The van der Waals surface area contributed by atoms with Crippen LogP contribution >= 0.6 is 23.2 Å². The molecule has 3 unspecified atom stereocenters. The van der Waals surface area contributed by atoms with E-state index in [9.17, 15) is 9.90 Å². The number of carbonyl (C=O) groups is 1. The lowest BCUT2D eigenvalue weighted by atomic mass is 9.93. The van der Waals surface area contributed by atoms with Crippen LogP contribution in [0.2, 0.25) is 10.0 Å². The lowest BCUT2D eigenvalue weighted by molar-refractivity contribution is -0.00780. The standard InChI is InChI=1S/C34H40Cl2N4O4/c1-21(2)43-28-14-15-29(30(20-28)44-22(3)4)33-37-31(24-6-10-26(35)11-7-24)32(25-8-12-27(36)13-9-25)40(33)34(42)39-18-16-38(17-19-39)23(5)41/h6-15,20-23,31-32,41H,16-19H2,1-5H3.